The van der Waals surface area contributed by atoms with Crippen molar-refractivity contribution < 1.29 is 0 Å². The third-order valence-corrected chi connectivity index (χ3v) is 6.02. The summed E-state index contributed by atoms with van der Waals surface area (Å²) in [4.78, 5) is 0. The number of allylic oxidation sites excluding steroid dienone is 4. The van der Waals surface area contributed by atoms with Crippen LogP contribution in [-0.4, -0.2) is 39.5 Å². The van der Waals surface area contributed by atoms with Crippen LogP contribution in [-0.2, 0) is 0 Å². The summed E-state index contributed by atoms with van der Waals surface area (Å²) in [5.74, 6) is 0.247. The van der Waals surface area contributed by atoms with Crippen molar-refractivity contribution >= 4 is 0 Å². The van der Waals surface area contributed by atoms with Crippen LogP contribution in [0.15, 0.2) is 77.9 Å². The first-order chi connectivity index (χ1) is 13.1. The molecule has 0 saturated heterocycles. The van der Waals surface area contributed by atoms with Crippen molar-refractivity contribution in [3.05, 3.63) is 83.5 Å². The molecular formula is C23H32N4. The Morgan fingerprint density at radius 2 is 1.15 bits per heavy atom. The lowest BCUT2D eigenvalue weighted by Gasteiger charge is -2.35. The second-order valence-electron chi connectivity index (χ2n) is 7.27. The molecule has 1 aromatic carbocycles. The third-order valence-electron chi connectivity index (χ3n) is 6.02. The van der Waals surface area contributed by atoms with E-state index in [-0.39, 0.29) is 17.2 Å². The van der Waals surface area contributed by atoms with Crippen LogP contribution in [0.2, 0.25) is 0 Å². The molecule has 4 N–H and O–H groups in total. The van der Waals surface area contributed by atoms with Crippen molar-refractivity contribution in [2.75, 3.05) is 28.2 Å². The van der Waals surface area contributed by atoms with E-state index in [0.717, 1.165) is 12.8 Å². The molecule has 0 atom stereocenters. The molecule has 0 unspecified atom stereocenters. The first-order valence-electron chi connectivity index (χ1n) is 9.70. The van der Waals surface area contributed by atoms with Gasteiger partial charge in [-0.2, -0.15) is 0 Å². The van der Waals surface area contributed by atoms with Gasteiger partial charge in [0.2, 0.25) is 0 Å². The van der Waals surface area contributed by atoms with Crippen LogP contribution in [0.5, 0.6) is 0 Å². The fourth-order valence-corrected chi connectivity index (χ4v) is 3.95. The van der Waals surface area contributed by atoms with Crippen molar-refractivity contribution in [1.29, 1.82) is 0 Å². The third kappa shape index (κ3) is 3.99. The summed E-state index contributed by atoms with van der Waals surface area (Å²) in [7, 11) is 7.98. The van der Waals surface area contributed by atoms with Gasteiger partial charge >= 0.3 is 0 Å². The van der Waals surface area contributed by atoms with E-state index in [9.17, 15) is 0 Å². The first kappa shape index (κ1) is 19.8. The average molecular weight is 365 g/mol. The fourth-order valence-electron chi connectivity index (χ4n) is 3.95. The quantitative estimate of drug-likeness (QED) is 0.562. The number of benzene rings is 1. The molecule has 0 heterocycles. The highest BCUT2D eigenvalue weighted by Crippen LogP contribution is 2.38. The Morgan fingerprint density at radius 1 is 0.704 bits per heavy atom. The van der Waals surface area contributed by atoms with Gasteiger partial charge in [-0.05, 0) is 57.1 Å². The number of hydrogen-bond acceptors (Lipinski definition) is 4. The highest BCUT2D eigenvalue weighted by Gasteiger charge is 2.30. The molecule has 3 rings (SSSR count). The van der Waals surface area contributed by atoms with E-state index in [1.54, 1.807) is 0 Å². The smallest absolute Gasteiger partial charge is 0.0912 e. The van der Waals surface area contributed by atoms with E-state index < -0.39 is 0 Å². The fraction of sp³-hybridized carbons (Fsp3) is 0.391. The number of likely N-dealkylation sites (N-methyl/N-ethyl adjacent to an activating group) is 4. The van der Waals surface area contributed by atoms with Gasteiger partial charge in [0.15, 0.2) is 0 Å². The molecule has 0 aromatic heterocycles. The van der Waals surface area contributed by atoms with Crippen molar-refractivity contribution in [3.8, 4) is 0 Å². The highest BCUT2D eigenvalue weighted by molar-refractivity contribution is 5.50. The molecule has 1 aromatic rings. The van der Waals surface area contributed by atoms with Crippen LogP contribution in [0, 0.1) is 0 Å². The van der Waals surface area contributed by atoms with E-state index in [4.69, 9.17) is 0 Å². The Kier molecular flexibility index (Phi) is 6.12. The molecule has 0 radical (unpaired) electrons. The van der Waals surface area contributed by atoms with Crippen LogP contribution in [0.4, 0.5) is 0 Å². The summed E-state index contributed by atoms with van der Waals surface area (Å²) < 4.78 is 0. The van der Waals surface area contributed by atoms with Crippen molar-refractivity contribution in [2.45, 2.75) is 30.1 Å². The SMILES string of the molecule is CNC1(NC)C=CC(C(C2=CCC(NC)(NC)C=C2)c2ccccc2)=CC1. The van der Waals surface area contributed by atoms with E-state index >= 15 is 0 Å². The Balaban J connectivity index is 1.94. The molecule has 2 aliphatic rings. The second kappa shape index (κ2) is 8.36. The molecule has 0 amide bonds. The summed E-state index contributed by atoms with van der Waals surface area (Å²) in [6.45, 7) is 0. The van der Waals surface area contributed by atoms with Gasteiger partial charge in [0, 0.05) is 18.8 Å². The van der Waals surface area contributed by atoms with Crippen LogP contribution in [0.3, 0.4) is 0 Å². The Hall–Kier alpha value is -1.98. The average Bonchev–Trinajstić information content (AvgIpc) is 2.76. The van der Waals surface area contributed by atoms with Gasteiger partial charge in [-0.15, -0.1) is 0 Å². The molecule has 144 valence electrons. The summed E-state index contributed by atoms with van der Waals surface area (Å²) in [5.41, 5.74) is 3.70. The van der Waals surface area contributed by atoms with E-state index in [1.807, 2.05) is 28.2 Å². The lowest BCUT2D eigenvalue weighted by atomic mass is 9.78. The van der Waals surface area contributed by atoms with Crippen LogP contribution >= 0.6 is 0 Å². The van der Waals surface area contributed by atoms with Crippen molar-refractivity contribution in [2.24, 2.45) is 0 Å². The molecule has 0 saturated carbocycles. The maximum absolute atomic E-state index is 3.38. The standard InChI is InChI=1S/C23H32N4/c1-24-22(25-2)14-10-19(11-15-22)21(18-8-6-5-7-9-18)20-12-16-23(26-3,27-4)17-13-20/h5-14,16,21,24-27H,15,17H2,1-4H3. The molecule has 27 heavy (non-hydrogen) atoms. The lowest BCUT2D eigenvalue weighted by Crippen LogP contribution is -2.53. The van der Waals surface area contributed by atoms with Crippen LogP contribution in [0.1, 0.15) is 24.3 Å². The Morgan fingerprint density at radius 3 is 1.48 bits per heavy atom. The second-order valence-corrected chi connectivity index (χ2v) is 7.27. The minimum absolute atomic E-state index is 0.158. The van der Waals surface area contributed by atoms with Gasteiger partial charge in [-0.25, -0.2) is 0 Å². The molecule has 4 nitrogen and oxygen atoms in total. The van der Waals surface area contributed by atoms with Gasteiger partial charge in [0.1, 0.15) is 0 Å². The van der Waals surface area contributed by atoms with E-state index in [2.05, 4.69) is 88.1 Å². The predicted octanol–water partition coefficient (Wildman–Crippen LogP) is 2.81. The van der Waals surface area contributed by atoms with E-state index in [0.29, 0.717) is 0 Å². The normalized spacial score (nSPS) is 20.5. The number of hydrogen-bond donors (Lipinski definition) is 4. The minimum atomic E-state index is -0.158. The summed E-state index contributed by atoms with van der Waals surface area (Å²) >= 11 is 0. The van der Waals surface area contributed by atoms with Crippen LogP contribution in [0.25, 0.3) is 0 Å². The largest absolute Gasteiger partial charge is 0.299 e. The van der Waals surface area contributed by atoms with Gasteiger partial charge in [0.05, 0.1) is 11.3 Å². The molecule has 0 fully saturated rings. The Labute approximate surface area is 163 Å². The zero-order valence-electron chi connectivity index (χ0n) is 16.8. The summed E-state index contributed by atoms with van der Waals surface area (Å²) in [5, 5.41) is 13.5. The first-order valence-corrected chi connectivity index (χ1v) is 9.70. The minimum Gasteiger partial charge on any atom is -0.299 e. The molecular weight excluding hydrogens is 332 g/mol. The molecule has 4 heteroatoms. The topological polar surface area (TPSA) is 48.1 Å². The molecule has 0 bridgehead atoms. The predicted molar refractivity (Wildman–Crippen MR) is 115 cm³/mol. The zero-order chi connectivity index (χ0) is 19.3. The maximum Gasteiger partial charge on any atom is 0.0912 e. The lowest BCUT2D eigenvalue weighted by molar-refractivity contribution is 0.373. The zero-order valence-corrected chi connectivity index (χ0v) is 16.8. The van der Waals surface area contributed by atoms with Crippen molar-refractivity contribution in [1.82, 2.24) is 21.3 Å². The molecule has 2 aliphatic carbocycles. The summed E-state index contributed by atoms with van der Waals surface area (Å²) in [6.07, 6.45) is 15.6. The number of nitrogens with one attached hydrogen (secondary N) is 4. The van der Waals surface area contributed by atoms with Gasteiger partial charge in [-0.1, -0.05) is 54.6 Å². The monoisotopic (exact) mass is 364 g/mol. The maximum atomic E-state index is 3.38. The molecule has 0 aliphatic heterocycles. The van der Waals surface area contributed by atoms with E-state index in [1.165, 1.54) is 16.7 Å². The van der Waals surface area contributed by atoms with Gasteiger partial charge < -0.3 is 0 Å². The van der Waals surface area contributed by atoms with Gasteiger partial charge in [-0.3, -0.25) is 21.3 Å². The molecule has 0 spiro atoms. The highest BCUT2D eigenvalue weighted by atomic mass is 15.2. The summed E-state index contributed by atoms with van der Waals surface area (Å²) in [6, 6.07) is 10.8. The number of rotatable bonds is 7. The van der Waals surface area contributed by atoms with Crippen LogP contribution < -0.4 is 21.3 Å². The van der Waals surface area contributed by atoms with Gasteiger partial charge in [0.25, 0.3) is 0 Å². The Bertz CT molecular complexity index is 704. The van der Waals surface area contributed by atoms with Crippen molar-refractivity contribution in [3.63, 3.8) is 0 Å².